The maximum atomic E-state index is 10.4. The second-order valence-electron chi connectivity index (χ2n) is 6.86. The Morgan fingerprint density at radius 1 is 1.11 bits per heavy atom. The molecule has 0 bridgehead atoms. The molecule has 2 aliphatic rings. The summed E-state index contributed by atoms with van der Waals surface area (Å²) in [5.41, 5.74) is 3.11. The standard InChI is InChI=1S/C19H23NO5S.ClH/c21-9-13-16(22)17(23)18(24)19(25-13)11-4-3-10-5-6-20-15(12(10)8-11)14-2-1-7-26-14;/h1-4,7-8,13,15-24H,5-6,9H2;1H/t13-,15-,16-,17+,18-,19+;/m1./s1. The number of halogens is 1. The predicted octanol–water partition coefficient (Wildman–Crippen LogP) is 0.920. The summed E-state index contributed by atoms with van der Waals surface area (Å²) >= 11 is 1.69. The molecule has 148 valence electrons. The van der Waals surface area contributed by atoms with Crippen molar-refractivity contribution < 1.29 is 25.2 Å². The Balaban J connectivity index is 0.00000210. The number of fused-ring (bicyclic) bond motifs is 1. The molecule has 5 N–H and O–H groups in total. The number of aliphatic hydroxyl groups excluding tert-OH is 4. The molecule has 0 unspecified atom stereocenters. The van der Waals surface area contributed by atoms with E-state index in [0.717, 1.165) is 24.1 Å². The average molecular weight is 414 g/mol. The number of hydrogen-bond donors (Lipinski definition) is 5. The monoisotopic (exact) mass is 413 g/mol. The number of rotatable bonds is 3. The van der Waals surface area contributed by atoms with E-state index < -0.39 is 37.1 Å². The van der Waals surface area contributed by atoms with Crippen LogP contribution in [0.1, 0.15) is 33.7 Å². The Kier molecular flexibility index (Phi) is 6.55. The van der Waals surface area contributed by atoms with Crippen LogP contribution in [0.4, 0.5) is 0 Å². The Hall–Kier alpha value is -1.03. The Morgan fingerprint density at radius 3 is 2.63 bits per heavy atom. The molecule has 1 aromatic heterocycles. The maximum absolute atomic E-state index is 10.4. The van der Waals surface area contributed by atoms with Crippen molar-refractivity contribution in [1.82, 2.24) is 5.32 Å². The van der Waals surface area contributed by atoms with Gasteiger partial charge in [-0.2, -0.15) is 0 Å². The van der Waals surface area contributed by atoms with E-state index in [-0.39, 0.29) is 18.4 Å². The molecule has 4 rings (SSSR count). The highest BCUT2D eigenvalue weighted by Crippen LogP contribution is 2.37. The number of benzene rings is 1. The molecule has 0 spiro atoms. The van der Waals surface area contributed by atoms with Gasteiger partial charge in [-0.3, -0.25) is 0 Å². The molecular formula is C19H24ClNO5S. The minimum absolute atomic E-state index is 0. The fourth-order valence-corrected chi connectivity index (χ4v) is 4.65. The van der Waals surface area contributed by atoms with Crippen molar-refractivity contribution in [1.29, 1.82) is 0 Å². The van der Waals surface area contributed by atoms with Crippen molar-refractivity contribution in [2.24, 2.45) is 0 Å². The van der Waals surface area contributed by atoms with Crippen LogP contribution in [-0.2, 0) is 11.2 Å². The van der Waals surface area contributed by atoms with Gasteiger partial charge in [-0.05, 0) is 34.6 Å². The molecule has 1 saturated heterocycles. The molecule has 8 heteroatoms. The number of nitrogens with one attached hydrogen (secondary N) is 1. The van der Waals surface area contributed by atoms with Crippen LogP contribution in [0.2, 0.25) is 0 Å². The fraction of sp³-hybridized carbons (Fsp3) is 0.474. The topological polar surface area (TPSA) is 102 Å². The summed E-state index contributed by atoms with van der Waals surface area (Å²) in [5.74, 6) is 0. The summed E-state index contributed by atoms with van der Waals surface area (Å²) in [4.78, 5) is 1.22. The van der Waals surface area contributed by atoms with Crippen molar-refractivity contribution in [2.75, 3.05) is 13.2 Å². The number of ether oxygens (including phenoxy) is 1. The average Bonchev–Trinajstić information content (AvgIpc) is 3.20. The molecule has 2 aromatic rings. The molecule has 0 amide bonds. The van der Waals surface area contributed by atoms with Crippen LogP contribution in [0.3, 0.4) is 0 Å². The second kappa shape index (κ2) is 8.55. The van der Waals surface area contributed by atoms with Crippen LogP contribution in [0.15, 0.2) is 35.7 Å². The van der Waals surface area contributed by atoms with E-state index in [9.17, 15) is 20.4 Å². The molecule has 1 fully saturated rings. The molecule has 3 heterocycles. The first kappa shape index (κ1) is 20.7. The van der Waals surface area contributed by atoms with Crippen molar-refractivity contribution in [3.63, 3.8) is 0 Å². The number of hydrogen-bond acceptors (Lipinski definition) is 7. The molecule has 1 aromatic carbocycles. The molecule has 6 nitrogen and oxygen atoms in total. The van der Waals surface area contributed by atoms with Gasteiger partial charge in [-0.15, -0.1) is 23.7 Å². The minimum Gasteiger partial charge on any atom is -0.394 e. The van der Waals surface area contributed by atoms with Gasteiger partial charge in [-0.1, -0.05) is 24.3 Å². The lowest BCUT2D eigenvalue weighted by Crippen LogP contribution is -2.55. The van der Waals surface area contributed by atoms with Crippen molar-refractivity contribution in [3.05, 3.63) is 57.3 Å². The van der Waals surface area contributed by atoms with Gasteiger partial charge in [0.2, 0.25) is 0 Å². The number of aliphatic hydroxyl groups is 4. The molecular weight excluding hydrogens is 390 g/mol. The SMILES string of the molecule is Cl.OC[C@H]1O[C@@H](c2ccc3c(c2)[C@H](c2cccs2)NCC3)[C@H](O)[C@@H](O)[C@@H]1O. The van der Waals surface area contributed by atoms with Gasteiger partial charge < -0.3 is 30.5 Å². The predicted molar refractivity (Wildman–Crippen MR) is 104 cm³/mol. The maximum Gasteiger partial charge on any atom is 0.113 e. The zero-order valence-electron chi connectivity index (χ0n) is 14.6. The lowest BCUT2D eigenvalue weighted by atomic mass is 9.87. The first-order valence-corrected chi connectivity index (χ1v) is 9.68. The van der Waals surface area contributed by atoms with Crippen LogP contribution in [0.5, 0.6) is 0 Å². The van der Waals surface area contributed by atoms with Gasteiger partial charge in [0.15, 0.2) is 0 Å². The van der Waals surface area contributed by atoms with Crippen LogP contribution in [0.25, 0.3) is 0 Å². The second-order valence-corrected chi connectivity index (χ2v) is 7.84. The van der Waals surface area contributed by atoms with E-state index in [4.69, 9.17) is 4.74 Å². The van der Waals surface area contributed by atoms with Gasteiger partial charge in [-0.25, -0.2) is 0 Å². The van der Waals surface area contributed by atoms with Gasteiger partial charge in [0.25, 0.3) is 0 Å². The van der Waals surface area contributed by atoms with Crippen LogP contribution < -0.4 is 5.32 Å². The highest BCUT2D eigenvalue weighted by molar-refractivity contribution is 7.10. The third-order valence-electron chi connectivity index (χ3n) is 5.27. The van der Waals surface area contributed by atoms with Gasteiger partial charge in [0.1, 0.15) is 30.5 Å². The largest absolute Gasteiger partial charge is 0.394 e. The van der Waals surface area contributed by atoms with Gasteiger partial charge >= 0.3 is 0 Å². The van der Waals surface area contributed by atoms with Crippen LogP contribution in [-0.4, -0.2) is 58.0 Å². The Bertz CT molecular complexity index is 757. The van der Waals surface area contributed by atoms with Crippen molar-refractivity contribution in [2.45, 2.75) is 43.0 Å². The van der Waals surface area contributed by atoms with Crippen molar-refractivity contribution in [3.8, 4) is 0 Å². The smallest absolute Gasteiger partial charge is 0.113 e. The number of thiophene rings is 1. The minimum atomic E-state index is -1.37. The van der Waals surface area contributed by atoms with E-state index >= 15 is 0 Å². The summed E-state index contributed by atoms with van der Waals surface area (Å²) < 4.78 is 5.71. The normalized spacial score (nSPS) is 33.2. The zero-order valence-corrected chi connectivity index (χ0v) is 16.2. The molecule has 6 atom stereocenters. The Morgan fingerprint density at radius 2 is 1.93 bits per heavy atom. The summed E-state index contributed by atoms with van der Waals surface area (Å²) in [7, 11) is 0. The van der Waals surface area contributed by atoms with E-state index in [1.165, 1.54) is 10.4 Å². The van der Waals surface area contributed by atoms with Crippen LogP contribution >= 0.6 is 23.7 Å². The van der Waals surface area contributed by atoms with Crippen LogP contribution in [0, 0.1) is 0 Å². The summed E-state index contributed by atoms with van der Waals surface area (Å²) in [6.45, 7) is 0.473. The quantitative estimate of drug-likeness (QED) is 0.513. The molecule has 2 aliphatic heterocycles. The van der Waals surface area contributed by atoms with E-state index in [1.807, 2.05) is 29.6 Å². The van der Waals surface area contributed by atoms with Crippen molar-refractivity contribution >= 4 is 23.7 Å². The van der Waals surface area contributed by atoms with E-state index in [0.29, 0.717) is 0 Å². The lowest BCUT2D eigenvalue weighted by Gasteiger charge is -2.40. The van der Waals surface area contributed by atoms with Gasteiger partial charge in [0.05, 0.1) is 12.6 Å². The Labute approximate surface area is 167 Å². The summed E-state index contributed by atoms with van der Waals surface area (Å²) in [5, 5.41) is 45.4. The molecule has 0 saturated carbocycles. The lowest BCUT2D eigenvalue weighted by molar-refractivity contribution is -0.231. The van der Waals surface area contributed by atoms with E-state index in [2.05, 4.69) is 11.4 Å². The third kappa shape index (κ3) is 3.79. The van der Waals surface area contributed by atoms with Gasteiger partial charge in [0, 0.05) is 11.4 Å². The molecule has 0 aliphatic carbocycles. The first-order chi connectivity index (χ1) is 12.6. The summed E-state index contributed by atoms with van der Waals surface area (Å²) in [6, 6.07) is 10.1. The third-order valence-corrected chi connectivity index (χ3v) is 6.21. The van der Waals surface area contributed by atoms with E-state index in [1.54, 1.807) is 11.3 Å². The molecule has 27 heavy (non-hydrogen) atoms. The molecule has 0 radical (unpaired) electrons. The first-order valence-electron chi connectivity index (χ1n) is 8.80. The summed E-state index contributed by atoms with van der Waals surface area (Å²) in [6.07, 6.45) is -4.76. The highest BCUT2D eigenvalue weighted by Gasteiger charge is 2.44. The zero-order chi connectivity index (χ0) is 18.3. The highest BCUT2D eigenvalue weighted by atomic mass is 35.5. The fourth-order valence-electron chi connectivity index (χ4n) is 3.83.